The van der Waals surface area contributed by atoms with E-state index in [9.17, 15) is 13.7 Å². The molecule has 0 saturated carbocycles. The number of likely N-dealkylation sites (N-methyl/N-ethyl adjacent to an activating group) is 1. The van der Waals surface area contributed by atoms with Gasteiger partial charge in [0.15, 0.2) is 1.41 Å². The highest BCUT2D eigenvalue weighted by Gasteiger charge is 2.51. The SMILES string of the molecule is [2H]C1=C(C(=O)OC([2H])(C)C([2H])([2H])[2H])C([2H])([2H])[C@]([2H])(N([2H])C)[C@@](C)(N([2H])C(=O)C([2H])(C)C)[C@@]1([2H])OC(C)(CC([2H])([2H])C([2H])([2H])C)C(C)(C)C([2H])([2H])C. The van der Waals surface area contributed by atoms with Gasteiger partial charge in [0.05, 0.1) is 21.3 Å². The van der Waals surface area contributed by atoms with Crippen LogP contribution in [0.1, 0.15) is 123 Å². The number of carbonyl (C=O) groups is 2. The average Bonchev–Trinajstić information content (AvgIpc) is 2.86. The molecule has 0 radical (unpaired) electrons. The monoisotopic (exact) mass is 484 g/mol. The predicted molar refractivity (Wildman–Crippen MR) is 135 cm³/mol. The standard InChI is InChI=1S/C27H50N2O4/c1-12-14-15-26(9,25(7,8)13-2)33-22-17-20(24(31)32-19(5)6)16-21(28-11)27(22,10)29-23(30)18(3)4/h17-19,21-22,28H,12-16H2,1-11H3,(H,29,30)/t21-,22-,26?,27+/m0/s1/i5D3,12D2,13D2,14D2,16D2,17D,18D,19D,21D,22D/hD2/t19?,21-,22-,26?,27+. The molecule has 192 valence electrons. The molecular formula is C27H50N2O4. The van der Waals surface area contributed by atoms with E-state index in [1.807, 2.05) is 0 Å². The quantitative estimate of drug-likeness (QED) is 0.374. The molecule has 0 saturated heterocycles. The van der Waals surface area contributed by atoms with Gasteiger partial charge in [0.2, 0.25) is 5.91 Å². The zero-order valence-corrected chi connectivity index (χ0v) is 21.2. The van der Waals surface area contributed by atoms with E-state index in [4.69, 9.17) is 30.1 Å². The average molecular weight is 485 g/mol. The minimum Gasteiger partial charge on any atom is -0.460 e. The van der Waals surface area contributed by atoms with Crippen LogP contribution in [0, 0.1) is 11.3 Å². The largest absolute Gasteiger partial charge is 0.460 e. The third-order valence-corrected chi connectivity index (χ3v) is 5.69. The fourth-order valence-corrected chi connectivity index (χ4v) is 2.85. The molecule has 1 aliphatic carbocycles. The Morgan fingerprint density at radius 2 is 2.09 bits per heavy atom. The molecule has 0 aromatic rings. The Morgan fingerprint density at radius 1 is 1.45 bits per heavy atom. The number of hydrogen-bond acceptors (Lipinski definition) is 5. The minimum absolute atomic E-state index is 0.000304. The molecule has 33 heavy (non-hydrogen) atoms. The van der Waals surface area contributed by atoms with E-state index in [1.165, 1.54) is 13.8 Å². The van der Waals surface area contributed by atoms with Crippen molar-refractivity contribution in [3.05, 3.63) is 11.6 Å². The number of hydrogen-bond donors (Lipinski definition) is 2. The van der Waals surface area contributed by atoms with Gasteiger partial charge in [0.1, 0.15) is 7.49 Å². The van der Waals surface area contributed by atoms with Crippen molar-refractivity contribution in [2.45, 2.75) is 130 Å². The molecule has 0 aromatic carbocycles. The third kappa shape index (κ3) is 7.05. The lowest BCUT2D eigenvalue weighted by Crippen LogP contribution is -2.69. The van der Waals surface area contributed by atoms with E-state index in [1.54, 1.807) is 0 Å². The molecule has 0 fully saturated rings. The third-order valence-electron chi connectivity index (χ3n) is 5.69. The second-order valence-electron chi connectivity index (χ2n) is 8.77. The van der Waals surface area contributed by atoms with Gasteiger partial charge in [0, 0.05) is 35.3 Å². The summed E-state index contributed by atoms with van der Waals surface area (Å²) in [5.74, 6) is -5.88. The van der Waals surface area contributed by atoms with Crippen LogP contribution in [0.25, 0.3) is 0 Å². The Morgan fingerprint density at radius 3 is 2.58 bits per heavy atom. The van der Waals surface area contributed by atoms with Gasteiger partial charge in [-0.05, 0) is 65.3 Å². The first-order chi connectivity index (χ1) is 21.8. The summed E-state index contributed by atoms with van der Waals surface area (Å²) in [4.78, 5) is 27.5. The van der Waals surface area contributed by atoms with Crippen molar-refractivity contribution in [3.63, 3.8) is 0 Å². The van der Waals surface area contributed by atoms with Crippen molar-refractivity contribution in [1.29, 1.82) is 0 Å². The highest BCUT2D eigenvalue weighted by Crippen LogP contribution is 2.44. The zero-order chi connectivity index (χ0) is 41.6. The summed E-state index contributed by atoms with van der Waals surface area (Å²) in [6.45, 7) is 5.26. The Bertz CT molecular complexity index is 1400. The van der Waals surface area contributed by atoms with Gasteiger partial charge < -0.3 is 20.1 Å². The van der Waals surface area contributed by atoms with Gasteiger partial charge in [-0.15, -0.1) is 0 Å². The van der Waals surface area contributed by atoms with Gasteiger partial charge in [-0.1, -0.05) is 54.3 Å². The van der Waals surface area contributed by atoms with Crippen LogP contribution < -0.4 is 10.6 Å². The lowest BCUT2D eigenvalue weighted by atomic mass is 9.70. The molecule has 6 heteroatoms. The summed E-state index contributed by atoms with van der Waals surface area (Å²) in [6, 6.07) is -5.27. The summed E-state index contributed by atoms with van der Waals surface area (Å²) in [6.07, 6.45) is -19.8. The number of esters is 1. The number of ether oxygens (including phenoxy) is 2. The number of carbonyl (C=O) groups excluding carboxylic acids is 2. The summed E-state index contributed by atoms with van der Waals surface area (Å²) in [7, 11) is 0.737. The van der Waals surface area contributed by atoms with E-state index in [0.29, 0.717) is 13.8 Å². The molecule has 0 heterocycles. The topological polar surface area (TPSA) is 76.7 Å². The van der Waals surface area contributed by atoms with Crippen molar-refractivity contribution in [2.75, 3.05) is 7.05 Å². The summed E-state index contributed by atoms with van der Waals surface area (Å²) >= 11 is 0. The van der Waals surface area contributed by atoms with Crippen molar-refractivity contribution >= 4 is 11.9 Å². The maximum absolute atomic E-state index is 13.8. The van der Waals surface area contributed by atoms with Gasteiger partial charge in [-0.2, -0.15) is 0 Å². The molecule has 0 aromatic heterocycles. The molecule has 1 aliphatic rings. The maximum Gasteiger partial charge on any atom is 0.334 e. The Labute approximate surface area is 228 Å². The molecule has 5 atom stereocenters. The normalized spacial score (nSPS) is 43.7. The first-order valence-electron chi connectivity index (χ1n) is 19.4. The smallest absolute Gasteiger partial charge is 0.334 e. The van der Waals surface area contributed by atoms with Crippen LogP contribution >= 0.6 is 0 Å². The molecule has 1 rings (SSSR count). The molecule has 2 N–H and O–H groups in total. The van der Waals surface area contributed by atoms with Gasteiger partial charge in [-0.3, -0.25) is 4.79 Å². The van der Waals surface area contributed by atoms with E-state index in [-0.39, 0.29) is 10.6 Å². The van der Waals surface area contributed by atoms with Crippen LogP contribution in [0.2, 0.25) is 2.82 Å². The van der Waals surface area contributed by atoms with Crippen LogP contribution in [-0.4, -0.2) is 48.2 Å². The highest BCUT2D eigenvalue weighted by molar-refractivity contribution is 5.89. The minimum atomic E-state index is -3.78. The number of rotatable bonds is 12. The maximum atomic E-state index is 13.8. The predicted octanol–water partition coefficient (Wildman–Crippen LogP) is 5.16. The molecule has 6 nitrogen and oxygen atoms in total. The van der Waals surface area contributed by atoms with Crippen molar-refractivity contribution in [3.8, 4) is 0 Å². The molecule has 0 bridgehead atoms. The van der Waals surface area contributed by atoms with Gasteiger partial charge >= 0.3 is 5.97 Å². The summed E-state index contributed by atoms with van der Waals surface area (Å²) in [5.41, 5.74) is -9.61. The van der Waals surface area contributed by atoms with Crippen LogP contribution in [0.15, 0.2) is 11.6 Å². The number of nitrogens with one attached hydrogen (secondary N) is 2. The van der Waals surface area contributed by atoms with Crippen molar-refractivity contribution < 1.29 is 43.8 Å². The lowest BCUT2D eigenvalue weighted by Gasteiger charge is -2.52. The van der Waals surface area contributed by atoms with Crippen LogP contribution in [-0.2, 0) is 19.1 Å². The van der Waals surface area contributed by atoms with Gasteiger partial charge in [0.25, 0.3) is 0 Å². The molecular weight excluding hydrogens is 416 g/mol. The molecule has 1 amide bonds. The molecule has 0 spiro atoms. The van der Waals surface area contributed by atoms with Crippen LogP contribution in [0.5, 0.6) is 0 Å². The fraction of sp³-hybridized carbons (Fsp3) is 0.852. The Balaban J connectivity index is 4.79. The highest BCUT2D eigenvalue weighted by atomic mass is 16.5. The van der Waals surface area contributed by atoms with E-state index < -0.39 is 103 Å². The number of amides is 1. The Hall–Kier alpha value is -1.40. The van der Waals surface area contributed by atoms with Gasteiger partial charge in [-0.25, -0.2) is 4.79 Å². The van der Waals surface area contributed by atoms with Crippen molar-refractivity contribution in [2.24, 2.45) is 11.3 Å². The van der Waals surface area contributed by atoms with Crippen molar-refractivity contribution in [1.82, 2.24) is 10.6 Å². The molecule has 2 unspecified atom stereocenters. The Kier molecular flexibility index (Phi) is 4.31. The second kappa shape index (κ2) is 11.8. The first-order valence-corrected chi connectivity index (χ1v) is 10.5. The van der Waals surface area contributed by atoms with E-state index in [2.05, 4.69) is 0 Å². The van der Waals surface area contributed by atoms with Crippen LogP contribution in [0.3, 0.4) is 0 Å². The fourth-order valence-electron chi connectivity index (χ4n) is 2.85. The summed E-state index contributed by atoms with van der Waals surface area (Å²) < 4.78 is 165. The summed E-state index contributed by atoms with van der Waals surface area (Å²) in [5, 5.41) is -0.224. The molecule has 0 aliphatic heterocycles. The lowest BCUT2D eigenvalue weighted by molar-refractivity contribution is -0.169. The van der Waals surface area contributed by atoms with Crippen LogP contribution in [0.4, 0.5) is 0 Å². The zero-order valence-electron chi connectivity index (χ0n) is 39.2. The van der Waals surface area contributed by atoms with E-state index in [0.717, 1.165) is 41.7 Å². The first kappa shape index (κ1) is 12.0. The second-order valence-corrected chi connectivity index (χ2v) is 8.77. The van der Waals surface area contributed by atoms with E-state index >= 15 is 0 Å².